The third-order valence-electron chi connectivity index (χ3n) is 5.05. The number of rotatable bonds is 11. The Kier molecular flexibility index (Phi) is 8.69. The molecule has 0 saturated heterocycles. The number of pyridine rings is 1. The number of hydrogen-bond donors (Lipinski definition) is 1. The SMILES string of the molecule is Cc1ccnc(Cl)c1CSc1nc2c(c(OC(C)OC(=O)CCCCC(=O)O)n1)CCC2. The number of fused-ring (bicyclic) bond motifs is 1. The first-order valence-corrected chi connectivity index (χ1v) is 11.9. The Morgan fingerprint density at radius 3 is 2.78 bits per heavy atom. The molecule has 0 saturated carbocycles. The van der Waals surface area contributed by atoms with Crippen LogP contribution in [0.25, 0.3) is 0 Å². The molecule has 1 aliphatic rings. The molecule has 1 unspecified atom stereocenters. The van der Waals surface area contributed by atoms with Crippen LogP contribution < -0.4 is 4.74 Å². The van der Waals surface area contributed by atoms with E-state index in [4.69, 9.17) is 26.2 Å². The normalized spacial score (nSPS) is 13.5. The summed E-state index contributed by atoms with van der Waals surface area (Å²) in [5.74, 6) is -0.278. The third-order valence-corrected chi connectivity index (χ3v) is 6.25. The van der Waals surface area contributed by atoms with Crippen LogP contribution in [0.4, 0.5) is 0 Å². The Morgan fingerprint density at radius 2 is 2.03 bits per heavy atom. The van der Waals surface area contributed by atoms with Crippen molar-refractivity contribution in [1.29, 1.82) is 0 Å². The molecule has 0 spiro atoms. The number of carboxylic acids is 1. The minimum atomic E-state index is -0.873. The summed E-state index contributed by atoms with van der Waals surface area (Å²) in [6.45, 7) is 3.63. The minimum absolute atomic E-state index is 0.0383. The van der Waals surface area contributed by atoms with Crippen molar-refractivity contribution in [3.05, 3.63) is 39.8 Å². The second-order valence-electron chi connectivity index (χ2n) is 7.55. The molecule has 2 aromatic heterocycles. The van der Waals surface area contributed by atoms with Gasteiger partial charge in [0.2, 0.25) is 12.2 Å². The number of aromatic nitrogens is 3. The number of aliphatic carboxylic acids is 1. The summed E-state index contributed by atoms with van der Waals surface area (Å²) in [6.07, 6.45) is 4.59. The van der Waals surface area contributed by atoms with Crippen LogP contribution in [0, 0.1) is 6.92 Å². The van der Waals surface area contributed by atoms with Crippen LogP contribution in [-0.4, -0.2) is 38.3 Å². The minimum Gasteiger partial charge on any atom is -0.481 e. The first-order chi connectivity index (χ1) is 15.3. The number of halogens is 1. The number of carbonyl (C=O) groups excluding carboxylic acids is 1. The average molecular weight is 480 g/mol. The van der Waals surface area contributed by atoms with Gasteiger partial charge in [-0.05, 0) is 50.7 Å². The van der Waals surface area contributed by atoms with E-state index in [9.17, 15) is 9.59 Å². The third kappa shape index (κ3) is 6.80. The van der Waals surface area contributed by atoms with Gasteiger partial charge in [0.1, 0.15) is 5.15 Å². The maximum absolute atomic E-state index is 12.0. The molecule has 1 atom stereocenters. The number of carboxylic acid groups (broad SMARTS) is 1. The van der Waals surface area contributed by atoms with Gasteiger partial charge < -0.3 is 14.6 Å². The van der Waals surface area contributed by atoms with E-state index >= 15 is 0 Å². The van der Waals surface area contributed by atoms with Gasteiger partial charge in [0.05, 0.1) is 5.69 Å². The fourth-order valence-corrected chi connectivity index (χ4v) is 4.69. The fourth-order valence-electron chi connectivity index (χ4n) is 3.38. The van der Waals surface area contributed by atoms with Crippen molar-refractivity contribution in [3.8, 4) is 5.88 Å². The number of carbonyl (C=O) groups is 2. The zero-order valence-electron chi connectivity index (χ0n) is 18.1. The van der Waals surface area contributed by atoms with Gasteiger partial charge in [0.15, 0.2) is 5.16 Å². The summed E-state index contributed by atoms with van der Waals surface area (Å²) >= 11 is 7.69. The van der Waals surface area contributed by atoms with Crippen molar-refractivity contribution in [2.75, 3.05) is 0 Å². The first kappa shape index (κ1) is 24.3. The van der Waals surface area contributed by atoms with E-state index in [1.165, 1.54) is 11.8 Å². The zero-order chi connectivity index (χ0) is 23.1. The Morgan fingerprint density at radius 1 is 1.25 bits per heavy atom. The molecule has 0 radical (unpaired) electrons. The Bertz CT molecular complexity index is 968. The Balaban J connectivity index is 1.62. The van der Waals surface area contributed by atoms with E-state index in [0.717, 1.165) is 41.6 Å². The second-order valence-corrected chi connectivity index (χ2v) is 8.85. The predicted molar refractivity (Wildman–Crippen MR) is 120 cm³/mol. The summed E-state index contributed by atoms with van der Waals surface area (Å²) in [6, 6.07) is 1.91. The van der Waals surface area contributed by atoms with Crippen molar-refractivity contribution >= 4 is 35.3 Å². The number of aryl methyl sites for hydroxylation is 2. The highest BCUT2D eigenvalue weighted by atomic mass is 35.5. The molecular formula is C22H26ClN3O5S. The molecule has 8 nitrogen and oxygen atoms in total. The number of hydrogen-bond acceptors (Lipinski definition) is 8. The highest BCUT2D eigenvalue weighted by Crippen LogP contribution is 2.33. The Labute approximate surface area is 196 Å². The van der Waals surface area contributed by atoms with Crippen LogP contribution in [-0.2, 0) is 32.9 Å². The summed E-state index contributed by atoms with van der Waals surface area (Å²) < 4.78 is 11.2. The van der Waals surface area contributed by atoms with Gasteiger partial charge in [-0.15, -0.1) is 0 Å². The standard InChI is InChI=1S/C22H26ClN3O5S/c1-13-10-11-24-20(23)16(13)12-32-22-25-17-7-5-6-15(17)21(26-22)31-14(2)30-19(29)9-4-3-8-18(27)28/h10-11,14H,3-9,12H2,1-2H3,(H,27,28). The largest absolute Gasteiger partial charge is 0.481 e. The van der Waals surface area contributed by atoms with Crippen LogP contribution in [0.2, 0.25) is 5.15 Å². The summed E-state index contributed by atoms with van der Waals surface area (Å²) in [5.41, 5.74) is 3.91. The van der Waals surface area contributed by atoms with Crippen molar-refractivity contribution < 1.29 is 24.2 Å². The average Bonchev–Trinajstić information content (AvgIpc) is 3.19. The molecule has 1 N–H and O–H groups in total. The van der Waals surface area contributed by atoms with Gasteiger partial charge in [-0.3, -0.25) is 9.59 Å². The van der Waals surface area contributed by atoms with Gasteiger partial charge in [0, 0.05) is 42.8 Å². The van der Waals surface area contributed by atoms with Crippen molar-refractivity contribution in [1.82, 2.24) is 15.0 Å². The van der Waals surface area contributed by atoms with Crippen LogP contribution in [0.3, 0.4) is 0 Å². The number of ether oxygens (including phenoxy) is 2. The molecule has 3 rings (SSSR count). The van der Waals surface area contributed by atoms with Crippen LogP contribution >= 0.6 is 23.4 Å². The van der Waals surface area contributed by atoms with Gasteiger partial charge >= 0.3 is 11.9 Å². The summed E-state index contributed by atoms with van der Waals surface area (Å²) in [5, 5.41) is 9.71. The van der Waals surface area contributed by atoms with Crippen LogP contribution in [0.1, 0.15) is 61.4 Å². The lowest BCUT2D eigenvalue weighted by Gasteiger charge is -2.17. The van der Waals surface area contributed by atoms with E-state index < -0.39 is 18.2 Å². The second kappa shape index (κ2) is 11.5. The fraction of sp³-hybridized carbons (Fsp3) is 0.500. The highest BCUT2D eigenvalue weighted by Gasteiger charge is 2.23. The Hall–Kier alpha value is -2.39. The maximum atomic E-state index is 12.0. The van der Waals surface area contributed by atoms with Gasteiger partial charge in [0.25, 0.3) is 0 Å². The van der Waals surface area contributed by atoms with Crippen molar-refractivity contribution in [3.63, 3.8) is 0 Å². The molecule has 0 amide bonds. The van der Waals surface area contributed by atoms with E-state index in [-0.39, 0.29) is 12.8 Å². The van der Waals surface area contributed by atoms with E-state index in [1.54, 1.807) is 13.1 Å². The number of unbranched alkanes of at least 4 members (excludes halogenated alkanes) is 1. The van der Waals surface area contributed by atoms with E-state index in [0.29, 0.717) is 34.8 Å². The molecule has 0 bridgehead atoms. The smallest absolute Gasteiger partial charge is 0.308 e. The molecule has 0 aliphatic heterocycles. The van der Waals surface area contributed by atoms with Crippen molar-refractivity contribution in [2.24, 2.45) is 0 Å². The number of nitrogens with zero attached hydrogens (tertiary/aromatic N) is 3. The number of thioether (sulfide) groups is 1. The molecule has 172 valence electrons. The van der Waals surface area contributed by atoms with Gasteiger partial charge in [-0.25, -0.2) is 9.97 Å². The van der Waals surface area contributed by atoms with Gasteiger partial charge in [-0.1, -0.05) is 23.4 Å². The van der Waals surface area contributed by atoms with Gasteiger partial charge in [-0.2, -0.15) is 4.98 Å². The van der Waals surface area contributed by atoms with Crippen molar-refractivity contribution in [2.45, 2.75) is 76.0 Å². The molecule has 10 heteroatoms. The molecule has 0 fully saturated rings. The molecule has 2 aromatic rings. The zero-order valence-corrected chi connectivity index (χ0v) is 19.7. The lowest BCUT2D eigenvalue weighted by Crippen LogP contribution is -2.22. The maximum Gasteiger partial charge on any atom is 0.308 e. The monoisotopic (exact) mass is 479 g/mol. The molecular weight excluding hydrogens is 454 g/mol. The topological polar surface area (TPSA) is 112 Å². The van der Waals surface area contributed by atoms with E-state index in [2.05, 4.69) is 15.0 Å². The molecule has 2 heterocycles. The lowest BCUT2D eigenvalue weighted by atomic mass is 10.2. The quantitative estimate of drug-likeness (QED) is 0.124. The summed E-state index contributed by atoms with van der Waals surface area (Å²) in [4.78, 5) is 35.9. The van der Waals surface area contributed by atoms with Crippen LogP contribution in [0.15, 0.2) is 17.4 Å². The van der Waals surface area contributed by atoms with E-state index in [1.807, 2.05) is 13.0 Å². The van der Waals surface area contributed by atoms with Crippen LogP contribution in [0.5, 0.6) is 5.88 Å². The molecule has 32 heavy (non-hydrogen) atoms. The first-order valence-electron chi connectivity index (χ1n) is 10.5. The highest BCUT2D eigenvalue weighted by molar-refractivity contribution is 7.98. The predicted octanol–water partition coefficient (Wildman–Crippen LogP) is 4.53. The summed E-state index contributed by atoms with van der Waals surface area (Å²) in [7, 11) is 0. The molecule has 0 aromatic carbocycles. The number of esters is 1. The molecule has 1 aliphatic carbocycles. The lowest BCUT2D eigenvalue weighted by molar-refractivity contribution is -0.162.